The zero-order chi connectivity index (χ0) is 13.7. The van der Waals surface area contributed by atoms with Gasteiger partial charge in [0, 0.05) is 17.9 Å². The van der Waals surface area contributed by atoms with Crippen LogP contribution >= 0.6 is 0 Å². The molecule has 0 bridgehead atoms. The van der Waals surface area contributed by atoms with Crippen LogP contribution in [0.1, 0.15) is 47.8 Å². The van der Waals surface area contributed by atoms with E-state index in [1.807, 2.05) is 10.7 Å². The molecule has 2 aromatic rings. The van der Waals surface area contributed by atoms with E-state index < -0.39 is 0 Å². The van der Waals surface area contributed by atoms with Crippen molar-refractivity contribution in [1.82, 2.24) is 19.9 Å². The first-order valence-electron chi connectivity index (χ1n) is 7.37. The van der Waals surface area contributed by atoms with Gasteiger partial charge in [0.05, 0.1) is 6.20 Å². The molecule has 1 fully saturated rings. The minimum absolute atomic E-state index is 0.0425. The lowest BCUT2D eigenvalue weighted by atomic mass is 9.89. The number of carbonyl (C=O) groups excluding carboxylic acids is 1. The number of aromatic nitrogens is 3. The van der Waals surface area contributed by atoms with Gasteiger partial charge in [0.2, 0.25) is 0 Å². The predicted octanol–water partition coefficient (Wildman–Crippen LogP) is 1.75. The Hall–Kier alpha value is -1.91. The van der Waals surface area contributed by atoms with Crippen molar-refractivity contribution in [3.05, 3.63) is 29.2 Å². The van der Waals surface area contributed by atoms with Gasteiger partial charge < -0.3 is 5.32 Å². The Morgan fingerprint density at radius 1 is 1.35 bits per heavy atom. The molecule has 2 heterocycles. The number of nitrogens with zero attached hydrogens (tertiary/aromatic N) is 3. The van der Waals surface area contributed by atoms with Crippen molar-refractivity contribution in [2.45, 2.75) is 45.1 Å². The third kappa shape index (κ3) is 1.88. The molecular formula is C15H18N4O. The maximum atomic E-state index is 12.2. The fourth-order valence-corrected chi connectivity index (χ4v) is 2.96. The smallest absolute Gasteiger partial charge is 0.256 e. The van der Waals surface area contributed by atoms with Crippen molar-refractivity contribution in [2.24, 2.45) is 5.92 Å². The summed E-state index contributed by atoms with van der Waals surface area (Å²) in [5.74, 6) is 0.661. The van der Waals surface area contributed by atoms with Gasteiger partial charge in [0.15, 0.2) is 5.65 Å². The summed E-state index contributed by atoms with van der Waals surface area (Å²) in [7, 11) is 0. The topological polar surface area (TPSA) is 59.3 Å². The summed E-state index contributed by atoms with van der Waals surface area (Å²) in [6.45, 7) is 2.27. The number of nitrogens with one attached hydrogen (secondary N) is 1. The molecule has 2 aliphatic rings. The van der Waals surface area contributed by atoms with E-state index in [1.54, 1.807) is 6.20 Å². The van der Waals surface area contributed by atoms with Gasteiger partial charge in [-0.05, 0) is 43.6 Å². The summed E-state index contributed by atoms with van der Waals surface area (Å²) in [6.07, 6.45) is 9.00. The van der Waals surface area contributed by atoms with Crippen molar-refractivity contribution in [3.63, 3.8) is 0 Å². The molecule has 1 N–H and O–H groups in total. The van der Waals surface area contributed by atoms with Crippen molar-refractivity contribution in [2.75, 3.05) is 0 Å². The molecule has 0 saturated heterocycles. The minimum Gasteiger partial charge on any atom is -0.349 e. The average Bonchev–Trinajstić information content (AvgIpc) is 3.14. The third-order valence-electron chi connectivity index (χ3n) is 4.31. The summed E-state index contributed by atoms with van der Waals surface area (Å²) in [5, 5.41) is 7.40. The van der Waals surface area contributed by atoms with Crippen LogP contribution in [0, 0.1) is 5.92 Å². The van der Waals surface area contributed by atoms with Crippen molar-refractivity contribution >= 4 is 11.6 Å². The highest BCUT2D eigenvalue weighted by Crippen LogP contribution is 2.26. The van der Waals surface area contributed by atoms with E-state index in [9.17, 15) is 4.79 Å². The van der Waals surface area contributed by atoms with Crippen LogP contribution in [0.3, 0.4) is 0 Å². The lowest BCUT2D eigenvalue weighted by molar-refractivity contribution is 0.0952. The van der Waals surface area contributed by atoms with E-state index >= 15 is 0 Å². The highest BCUT2D eigenvalue weighted by atomic mass is 16.1. The highest BCUT2D eigenvalue weighted by Gasteiger charge is 2.26. The fraction of sp³-hybridized carbons (Fsp3) is 0.533. The number of rotatable bonds is 2. The number of aryl methyl sites for hydroxylation is 1. The second kappa shape index (κ2) is 4.30. The van der Waals surface area contributed by atoms with Crippen LogP contribution in [0.5, 0.6) is 0 Å². The molecule has 4 rings (SSSR count). The minimum atomic E-state index is -0.0425. The summed E-state index contributed by atoms with van der Waals surface area (Å²) in [4.78, 5) is 16.7. The number of amides is 1. The number of fused-ring (bicyclic) bond motifs is 3. The lowest BCUT2D eigenvalue weighted by Gasteiger charge is -2.21. The number of carbonyl (C=O) groups is 1. The van der Waals surface area contributed by atoms with Crippen molar-refractivity contribution < 1.29 is 4.79 Å². The van der Waals surface area contributed by atoms with E-state index in [0.29, 0.717) is 23.2 Å². The van der Waals surface area contributed by atoms with Crippen LogP contribution in [0.4, 0.5) is 0 Å². The van der Waals surface area contributed by atoms with Gasteiger partial charge in [-0.3, -0.25) is 4.79 Å². The molecule has 0 radical (unpaired) electrons. The molecule has 20 heavy (non-hydrogen) atoms. The van der Waals surface area contributed by atoms with Crippen LogP contribution < -0.4 is 5.32 Å². The molecule has 1 saturated carbocycles. The monoisotopic (exact) mass is 270 g/mol. The highest BCUT2D eigenvalue weighted by molar-refractivity contribution is 5.99. The average molecular weight is 270 g/mol. The molecule has 0 spiro atoms. The quantitative estimate of drug-likeness (QED) is 0.904. The van der Waals surface area contributed by atoms with Crippen LogP contribution in [0.15, 0.2) is 12.4 Å². The van der Waals surface area contributed by atoms with Crippen molar-refractivity contribution in [1.29, 1.82) is 0 Å². The molecule has 2 aromatic heterocycles. The normalized spacial score (nSPS) is 21.8. The molecular weight excluding hydrogens is 252 g/mol. The zero-order valence-electron chi connectivity index (χ0n) is 11.6. The Bertz CT molecular complexity index is 686. The standard InChI is InChI=1S/C15H18N4O/c1-9-2-5-13-10(6-9)7-16-14-12(8-17-19(13)14)15(20)18-11-3-4-11/h7-9,11H,2-6H2,1H3,(H,18,20)/t9-/m0/s1. The third-order valence-corrected chi connectivity index (χ3v) is 4.31. The largest absolute Gasteiger partial charge is 0.349 e. The van der Waals surface area contributed by atoms with Gasteiger partial charge in [-0.1, -0.05) is 6.92 Å². The lowest BCUT2D eigenvalue weighted by Crippen LogP contribution is -2.25. The van der Waals surface area contributed by atoms with Gasteiger partial charge in [-0.25, -0.2) is 9.50 Å². The molecule has 2 aliphatic carbocycles. The Balaban J connectivity index is 1.76. The van der Waals surface area contributed by atoms with Crippen molar-refractivity contribution in [3.8, 4) is 0 Å². The van der Waals surface area contributed by atoms with Gasteiger partial charge in [-0.15, -0.1) is 0 Å². The second-order valence-corrected chi connectivity index (χ2v) is 6.12. The maximum Gasteiger partial charge on any atom is 0.256 e. The molecule has 5 heteroatoms. The summed E-state index contributed by atoms with van der Waals surface area (Å²) in [5.41, 5.74) is 3.78. The maximum absolute atomic E-state index is 12.2. The molecule has 0 aromatic carbocycles. The van der Waals surface area contributed by atoms with Crippen LogP contribution in [0.2, 0.25) is 0 Å². The van der Waals surface area contributed by atoms with Gasteiger partial charge >= 0.3 is 0 Å². The summed E-state index contributed by atoms with van der Waals surface area (Å²) < 4.78 is 1.86. The number of hydrogen-bond acceptors (Lipinski definition) is 3. The molecule has 1 amide bonds. The zero-order valence-corrected chi connectivity index (χ0v) is 11.6. The first-order valence-corrected chi connectivity index (χ1v) is 7.37. The number of hydrogen-bond donors (Lipinski definition) is 1. The summed E-state index contributed by atoms with van der Waals surface area (Å²) >= 11 is 0. The molecule has 1 atom stereocenters. The van der Waals surface area contributed by atoms with E-state index in [0.717, 1.165) is 25.7 Å². The van der Waals surface area contributed by atoms with E-state index in [2.05, 4.69) is 22.3 Å². The van der Waals surface area contributed by atoms with Gasteiger partial charge in [0.25, 0.3) is 5.91 Å². The Morgan fingerprint density at radius 3 is 3.00 bits per heavy atom. The Morgan fingerprint density at radius 2 is 2.20 bits per heavy atom. The SMILES string of the molecule is C[C@H]1CCc2c(cnc3c(C(=O)NC4CC4)cnn23)C1. The first kappa shape index (κ1) is 11.9. The first-order chi connectivity index (χ1) is 9.72. The van der Waals surface area contributed by atoms with Crippen LogP contribution in [0.25, 0.3) is 5.65 Å². The Kier molecular flexibility index (Phi) is 2.55. The molecule has 104 valence electrons. The molecule has 0 aliphatic heterocycles. The molecule has 0 unspecified atom stereocenters. The predicted molar refractivity (Wildman–Crippen MR) is 74.7 cm³/mol. The van der Waals surface area contributed by atoms with E-state index in [4.69, 9.17) is 0 Å². The van der Waals surface area contributed by atoms with Gasteiger partial charge in [-0.2, -0.15) is 5.10 Å². The molecule has 5 nitrogen and oxygen atoms in total. The summed E-state index contributed by atoms with van der Waals surface area (Å²) in [6, 6.07) is 0.357. The van der Waals surface area contributed by atoms with Gasteiger partial charge in [0.1, 0.15) is 5.56 Å². The fourth-order valence-electron chi connectivity index (χ4n) is 2.96. The Labute approximate surface area is 117 Å². The van der Waals surface area contributed by atoms with Crippen LogP contribution in [-0.4, -0.2) is 26.5 Å². The van der Waals surface area contributed by atoms with Crippen LogP contribution in [-0.2, 0) is 12.8 Å². The van der Waals surface area contributed by atoms with E-state index in [-0.39, 0.29) is 5.91 Å². The second-order valence-electron chi connectivity index (χ2n) is 6.12. The van der Waals surface area contributed by atoms with E-state index in [1.165, 1.54) is 17.7 Å².